The van der Waals surface area contributed by atoms with Crippen molar-refractivity contribution < 1.29 is 33.3 Å². The number of benzene rings is 1. The molecule has 0 spiro atoms. The molecule has 0 saturated carbocycles. The molecule has 0 aromatic heterocycles. The van der Waals surface area contributed by atoms with Gasteiger partial charge in [0.1, 0.15) is 18.3 Å². The third-order valence-electron chi connectivity index (χ3n) is 5.40. The van der Waals surface area contributed by atoms with Gasteiger partial charge in [-0.25, -0.2) is 0 Å². The molecule has 3 fully saturated rings. The Kier molecular flexibility index (Phi) is 5.82. The summed E-state index contributed by atoms with van der Waals surface area (Å²) in [5.74, 6) is -2.31. The van der Waals surface area contributed by atoms with Gasteiger partial charge in [-0.3, -0.25) is 9.59 Å². The molecule has 0 bridgehead atoms. The average molecular weight is 434 g/mol. The number of fused-ring (bicyclic) bond motifs is 3. The van der Waals surface area contributed by atoms with Crippen LogP contribution in [0.3, 0.4) is 0 Å². The van der Waals surface area contributed by atoms with Gasteiger partial charge < -0.3 is 34.3 Å². The Bertz CT molecular complexity index is 839. The van der Waals surface area contributed by atoms with E-state index >= 15 is 0 Å². The fourth-order valence-electron chi connectivity index (χ4n) is 4.08. The van der Waals surface area contributed by atoms with E-state index in [-0.39, 0.29) is 24.8 Å². The van der Waals surface area contributed by atoms with Crippen molar-refractivity contribution in [1.82, 2.24) is 5.32 Å². The third-order valence-corrected chi connectivity index (χ3v) is 5.40. The van der Waals surface area contributed by atoms with E-state index in [1.807, 2.05) is 31.2 Å². The Hall–Kier alpha value is -2.04. The molecule has 31 heavy (non-hydrogen) atoms. The lowest BCUT2D eigenvalue weighted by atomic mass is 9.98. The molecule has 0 unspecified atom stereocenters. The molecule has 0 radical (unpaired) electrons. The maximum atomic E-state index is 12.9. The van der Waals surface area contributed by atoms with Crippen molar-refractivity contribution in [3.63, 3.8) is 0 Å². The number of carbonyl (C=O) groups excluding carboxylic acids is 2. The Morgan fingerprint density at radius 3 is 2.23 bits per heavy atom. The second-order valence-electron chi connectivity index (χ2n) is 9.05. The number of nitrogens with one attached hydrogen (secondary N) is 2. The molecule has 170 valence electrons. The molecular formula is C22H30N2O7. The van der Waals surface area contributed by atoms with Gasteiger partial charge in [0.2, 0.25) is 5.91 Å². The Morgan fingerprint density at radius 2 is 1.52 bits per heavy atom. The quantitative estimate of drug-likeness (QED) is 0.729. The Balaban J connectivity index is 1.34. The number of rotatable bonds is 5. The summed E-state index contributed by atoms with van der Waals surface area (Å²) in [6.07, 6.45) is -3.19. The first-order valence-corrected chi connectivity index (χ1v) is 10.5. The molecule has 3 heterocycles. The maximum absolute atomic E-state index is 12.9. The number of amides is 2. The smallest absolute Gasteiger partial charge is 0.252 e. The number of hydrogen-bond acceptors (Lipinski definition) is 7. The van der Waals surface area contributed by atoms with Crippen molar-refractivity contribution in [3.05, 3.63) is 29.8 Å². The second kappa shape index (κ2) is 8.14. The summed E-state index contributed by atoms with van der Waals surface area (Å²) in [7, 11) is 0. The van der Waals surface area contributed by atoms with Gasteiger partial charge in [-0.05, 0) is 46.8 Å². The van der Waals surface area contributed by atoms with E-state index in [1.165, 1.54) is 0 Å². The number of anilines is 1. The first kappa shape index (κ1) is 22.2. The lowest BCUT2D eigenvalue weighted by Gasteiger charge is -2.36. The van der Waals surface area contributed by atoms with E-state index < -0.39 is 42.3 Å². The Morgan fingerprint density at radius 1 is 0.903 bits per heavy atom. The van der Waals surface area contributed by atoms with Crippen LogP contribution in [0.15, 0.2) is 24.3 Å². The van der Waals surface area contributed by atoms with Gasteiger partial charge in [-0.1, -0.05) is 17.7 Å². The Labute approximate surface area is 181 Å². The van der Waals surface area contributed by atoms with Gasteiger partial charge in [0.25, 0.3) is 5.91 Å². The molecule has 3 saturated heterocycles. The lowest BCUT2D eigenvalue weighted by molar-refractivity contribution is -0.231. The van der Waals surface area contributed by atoms with Gasteiger partial charge in [-0.15, -0.1) is 0 Å². The zero-order valence-corrected chi connectivity index (χ0v) is 18.5. The summed E-state index contributed by atoms with van der Waals surface area (Å²) >= 11 is 0. The van der Waals surface area contributed by atoms with Crippen LogP contribution < -0.4 is 10.6 Å². The fourth-order valence-corrected chi connectivity index (χ4v) is 4.08. The van der Waals surface area contributed by atoms with Gasteiger partial charge >= 0.3 is 0 Å². The zero-order chi connectivity index (χ0) is 22.4. The largest absolute Gasteiger partial charge is 0.353 e. The van der Waals surface area contributed by atoms with Crippen LogP contribution in [0.25, 0.3) is 0 Å². The summed E-state index contributed by atoms with van der Waals surface area (Å²) in [6.45, 7) is 9.27. The molecule has 3 aliphatic heterocycles. The average Bonchev–Trinajstić information content (AvgIpc) is 3.16. The summed E-state index contributed by atoms with van der Waals surface area (Å²) < 4.78 is 29.6. The molecule has 1 aromatic carbocycles. The number of ether oxygens (including phenoxy) is 5. The van der Waals surface area contributed by atoms with Gasteiger partial charge in [0.15, 0.2) is 24.0 Å². The summed E-state index contributed by atoms with van der Waals surface area (Å²) in [5, 5.41) is 5.57. The molecule has 0 aliphatic carbocycles. The highest BCUT2D eigenvalue weighted by Crippen LogP contribution is 2.44. The topological polar surface area (TPSA) is 104 Å². The van der Waals surface area contributed by atoms with Gasteiger partial charge in [0, 0.05) is 18.7 Å². The number of carbonyl (C=O) groups is 2. The molecule has 2 N–H and O–H groups in total. The normalized spacial score (nSPS) is 32.7. The first-order valence-electron chi connectivity index (χ1n) is 10.5. The van der Waals surface area contributed by atoms with Crippen molar-refractivity contribution >= 4 is 17.5 Å². The predicted octanol–water partition coefficient (Wildman–Crippen LogP) is 1.84. The van der Waals surface area contributed by atoms with Crippen molar-refractivity contribution in [2.24, 2.45) is 0 Å². The molecule has 9 heteroatoms. The van der Waals surface area contributed by atoms with Gasteiger partial charge in [-0.2, -0.15) is 0 Å². The molecule has 9 nitrogen and oxygen atoms in total. The van der Waals surface area contributed by atoms with Crippen molar-refractivity contribution in [2.45, 2.75) is 83.3 Å². The van der Waals surface area contributed by atoms with E-state index in [9.17, 15) is 9.59 Å². The minimum atomic E-state index is -0.939. The van der Waals surface area contributed by atoms with Crippen molar-refractivity contribution in [1.29, 1.82) is 0 Å². The lowest BCUT2D eigenvalue weighted by Crippen LogP contribution is -2.59. The number of aryl methyl sites for hydroxylation is 1. The van der Waals surface area contributed by atoms with E-state index in [0.29, 0.717) is 5.69 Å². The van der Waals surface area contributed by atoms with Crippen LogP contribution in [-0.4, -0.2) is 60.6 Å². The highest BCUT2D eigenvalue weighted by molar-refractivity contribution is 5.91. The molecular weight excluding hydrogens is 404 g/mol. The summed E-state index contributed by atoms with van der Waals surface area (Å²) in [5.41, 5.74) is 1.82. The van der Waals surface area contributed by atoms with Crippen LogP contribution in [0, 0.1) is 6.92 Å². The van der Waals surface area contributed by atoms with Crippen LogP contribution in [0.4, 0.5) is 5.69 Å². The van der Waals surface area contributed by atoms with Crippen LogP contribution in [-0.2, 0) is 33.3 Å². The van der Waals surface area contributed by atoms with E-state index in [2.05, 4.69) is 10.6 Å². The predicted molar refractivity (Wildman–Crippen MR) is 110 cm³/mol. The standard InChI is InChI=1S/C22H30N2O7/c1-12-6-8-13(9-7-12)24-14(25)10-11-23-19(26)17-15-16(29-21(2,3)28-15)18-20(27-17)31-22(4,5)30-18/h6-9,15-18,20H,10-11H2,1-5H3,(H,23,26)(H,24,25)/t15-,16+,17-,18-,20-/m1/s1. The van der Waals surface area contributed by atoms with Crippen LogP contribution in [0.5, 0.6) is 0 Å². The first-order chi connectivity index (χ1) is 14.5. The third kappa shape index (κ3) is 4.91. The van der Waals surface area contributed by atoms with E-state index in [0.717, 1.165) is 5.56 Å². The molecule has 4 rings (SSSR count). The fraction of sp³-hybridized carbons (Fsp3) is 0.636. The van der Waals surface area contributed by atoms with E-state index in [1.54, 1.807) is 27.7 Å². The van der Waals surface area contributed by atoms with Crippen LogP contribution in [0.2, 0.25) is 0 Å². The monoisotopic (exact) mass is 434 g/mol. The van der Waals surface area contributed by atoms with Crippen LogP contribution in [0.1, 0.15) is 39.7 Å². The molecule has 1 aromatic rings. The molecule has 2 amide bonds. The highest BCUT2D eigenvalue weighted by atomic mass is 16.9. The SMILES string of the molecule is Cc1ccc(NC(=O)CCNC(=O)[C@@H]2O[C@@H]3OC(C)(C)O[C@@H]3[C@H]3OC(C)(C)O[C@H]32)cc1. The van der Waals surface area contributed by atoms with Crippen molar-refractivity contribution in [3.8, 4) is 0 Å². The summed E-state index contributed by atoms with van der Waals surface area (Å²) in [4.78, 5) is 25.0. The zero-order valence-electron chi connectivity index (χ0n) is 18.5. The minimum absolute atomic E-state index is 0.127. The van der Waals surface area contributed by atoms with Gasteiger partial charge in [0.05, 0.1) is 0 Å². The minimum Gasteiger partial charge on any atom is -0.353 e. The molecule has 3 aliphatic rings. The number of hydrogen-bond donors (Lipinski definition) is 2. The molecule has 5 atom stereocenters. The highest BCUT2D eigenvalue weighted by Gasteiger charge is 2.62. The van der Waals surface area contributed by atoms with E-state index in [4.69, 9.17) is 23.7 Å². The second-order valence-corrected chi connectivity index (χ2v) is 9.05. The summed E-state index contributed by atoms with van der Waals surface area (Å²) in [6, 6.07) is 7.51. The maximum Gasteiger partial charge on any atom is 0.252 e. The van der Waals surface area contributed by atoms with Crippen LogP contribution >= 0.6 is 0 Å². The van der Waals surface area contributed by atoms with Crippen molar-refractivity contribution in [2.75, 3.05) is 11.9 Å².